The molecule has 1 unspecified atom stereocenters. The average Bonchev–Trinajstić information content (AvgIpc) is 3.36. The maximum Gasteiger partial charge on any atom is 0.236 e. The normalized spacial score (nSPS) is 21.2. The summed E-state index contributed by atoms with van der Waals surface area (Å²) in [7, 11) is 1.68. The van der Waals surface area contributed by atoms with E-state index in [1.165, 1.54) is 0 Å². The first-order valence-corrected chi connectivity index (χ1v) is 10.00. The number of likely N-dealkylation sites (tertiary alicyclic amines) is 1. The minimum Gasteiger partial charge on any atom is -0.497 e. The Morgan fingerprint density at radius 2 is 2.10 bits per heavy atom. The fourth-order valence-electron chi connectivity index (χ4n) is 4.75. The third kappa shape index (κ3) is 3.00. The SMILES string of the molecule is COc1ccc(-n2cccn2)c(CN2CCCC3(C2)C(=O)Nc2ccccc23)c1. The van der Waals surface area contributed by atoms with Crippen LogP contribution in [0.1, 0.15) is 24.0 Å². The van der Waals surface area contributed by atoms with Crippen LogP contribution >= 0.6 is 0 Å². The topological polar surface area (TPSA) is 59.4 Å². The van der Waals surface area contributed by atoms with E-state index in [9.17, 15) is 4.79 Å². The van der Waals surface area contributed by atoms with Gasteiger partial charge in [0.15, 0.2) is 0 Å². The molecular formula is C23H24N4O2. The number of fused-ring (bicyclic) bond motifs is 2. The van der Waals surface area contributed by atoms with Crippen LogP contribution < -0.4 is 10.1 Å². The van der Waals surface area contributed by atoms with Crippen molar-refractivity contribution in [3.8, 4) is 11.4 Å². The molecule has 1 atom stereocenters. The molecule has 1 aromatic heterocycles. The van der Waals surface area contributed by atoms with Crippen LogP contribution in [0.5, 0.6) is 5.75 Å². The fourth-order valence-corrected chi connectivity index (χ4v) is 4.75. The van der Waals surface area contributed by atoms with Crippen molar-refractivity contribution < 1.29 is 9.53 Å². The predicted octanol–water partition coefficient (Wildman–Crippen LogP) is 3.37. The zero-order valence-corrected chi connectivity index (χ0v) is 16.5. The van der Waals surface area contributed by atoms with Gasteiger partial charge in [-0.15, -0.1) is 0 Å². The number of nitrogens with one attached hydrogen (secondary N) is 1. The quantitative estimate of drug-likeness (QED) is 0.745. The van der Waals surface area contributed by atoms with Gasteiger partial charge in [0.1, 0.15) is 5.75 Å². The van der Waals surface area contributed by atoms with Crippen LogP contribution in [0, 0.1) is 0 Å². The Kier molecular flexibility index (Phi) is 4.36. The van der Waals surface area contributed by atoms with Gasteiger partial charge in [0.2, 0.25) is 5.91 Å². The molecule has 2 aromatic carbocycles. The van der Waals surface area contributed by atoms with Crippen LogP contribution in [0.15, 0.2) is 60.9 Å². The highest BCUT2D eigenvalue weighted by atomic mass is 16.5. The second-order valence-corrected chi connectivity index (χ2v) is 7.84. The number of ether oxygens (including phenoxy) is 1. The molecule has 6 nitrogen and oxygen atoms in total. The van der Waals surface area contributed by atoms with Crippen molar-refractivity contribution >= 4 is 11.6 Å². The van der Waals surface area contributed by atoms with Crippen LogP contribution in [-0.4, -0.2) is 40.8 Å². The van der Waals surface area contributed by atoms with Crippen molar-refractivity contribution in [3.05, 3.63) is 72.1 Å². The molecule has 1 fully saturated rings. The minimum absolute atomic E-state index is 0.126. The van der Waals surface area contributed by atoms with E-state index in [-0.39, 0.29) is 5.91 Å². The largest absolute Gasteiger partial charge is 0.497 e. The molecule has 0 bridgehead atoms. The Labute approximate surface area is 170 Å². The molecule has 2 aliphatic rings. The maximum absolute atomic E-state index is 13.0. The molecule has 148 valence electrons. The first-order valence-electron chi connectivity index (χ1n) is 10.00. The van der Waals surface area contributed by atoms with Crippen molar-refractivity contribution in [1.29, 1.82) is 0 Å². The summed E-state index contributed by atoms with van der Waals surface area (Å²) in [5.74, 6) is 0.952. The van der Waals surface area contributed by atoms with E-state index in [1.807, 2.05) is 47.3 Å². The summed E-state index contributed by atoms with van der Waals surface area (Å²) in [6.45, 7) is 2.42. The summed E-state index contributed by atoms with van der Waals surface area (Å²) in [6, 6.07) is 16.1. The lowest BCUT2D eigenvalue weighted by Gasteiger charge is -2.39. The van der Waals surface area contributed by atoms with Gasteiger partial charge < -0.3 is 10.1 Å². The Balaban J connectivity index is 1.47. The predicted molar refractivity (Wildman–Crippen MR) is 111 cm³/mol. The maximum atomic E-state index is 13.0. The number of amides is 1. The standard InChI is InChI=1S/C23H24N4O2/c1-29-18-8-9-21(27-13-5-11-24-27)17(14-18)15-26-12-4-10-23(16-26)19-6-2-3-7-20(19)25-22(23)28/h2-3,5-9,11,13-14H,4,10,12,15-16H2,1H3,(H,25,28). The number of anilines is 1. The summed E-state index contributed by atoms with van der Waals surface area (Å²) < 4.78 is 7.34. The molecule has 1 saturated heterocycles. The molecule has 2 aliphatic heterocycles. The van der Waals surface area contributed by atoms with E-state index in [0.717, 1.165) is 54.2 Å². The molecule has 1 spiro atoms. The number of nitrogens with zero attached hydrogens (tertiary/aromatic N) is 3. The fraction of sp³-hybridized carbons (Fsp3) is 0.304. The molecule has 0 radical (unpaired) electrons. The van der Waals surface area contributed by atoms with Crippen LogP contribution in [0.3, 0.4) is 0 Å². The second kappa shape index (κ2) is 7.04. The minimum atomic E-state index is -0.459. The molecule has 1 amide bonds. The van der Waals surface area contributed by atoms with Crippen molar-refractivity contribution in [2.75, 3.05) is 25.5 Å². The lowest BCUT2D eigenvalue weighted by atomic mass is 9.75. The lowest BCUT2D eigenvalue weighted by Crippen LogP contribution is -2.49. The number of benzene rings is 2. The number of piperidine rings is 1. The number of carbonyl (C=O) groups excluding carboxylic acids is 1. The summed E-state index contributed by atoms with van der Waals surface area (Å²) in [5, 5.41) is 7.50. The Morgan fingerprint density at radius 3 is 2.93 bits per heavy atom. The third-order valence-electron chi connectivity index (χ3n) is 6.13. The molecule has 29 heavy (non-hydrogen) atoms. The van der Waals surface area contributed by atoms with E-state index in [0.29, 0.717) is 6.54 Å². The molecular weight excluding hydrogens is 364 g/mol. The molecule has 6 heteroatoms. The monoisotopic (exact) mass is 388 g/mol. The van der Waals surface area contributed by atoms with Crippen LogP contribution in [0.2, 0.25) is 0 Å². The number of aromatic nitrogens is 2. The van der Waals surface area contributed by atoms with E-state index < -0.39 is 5.41 Å². The number of carbonyl (C=O) groups is 1. The highest BCUT2D eigenvalue weighted by molar-refractivity contribution is 6.06. The smallest absolute Gasteiger partial charge is 0.236 e. The van der Waals surface area contributed by atoms with Crippen molar-refractivity contribution in [1.82, 2.24) is 14.7 Å². The van der Waals surface area contributed by atoms with Crippen LogP contribution in [0.25, 0.3) is 5.69 Å². The van der Waals surface area contributed by atoms with Gasteiger partial charge in [-0.3, -0.25) is 9.69 Å². The molecule has 3 aromatic rings. The first-order chi connectivity index (χ1) is 14.2. The molecule has 0 saturated carbocycles. The van der Waals surface area contributed by atoms with Crippen molar-refractivity contribution in [3.63, 3.8) is 0 Å². The number of para-hydroxylation sites is 1. The summed E-state index contributed by atoms with van der Waals surface area (Å²) in [5.41, 5.74) is 3.80. The molecule has 1 N–H and O–H groups in total. The summed E-state index contributed by atoms with van der Waals surface area (Å²) >= 11 is 0. The van der Waals surface area contributed by atoms with Gasteiger partial charge in [-0.1, -0.05) is 18.2 Å². The van der Waals surface area contributed by atoms with Gasteiger partial charge in [0, 0.05) is 31.2 Å². The van der Waals surface area contributed by atoms with Gasteiger partial charge in [-0.05, 0) is 60.8 Å². The van der Waals surface area contributed by atoms with Crippen molar-refractivity contribution in [2.45, 2.75) is 24.8 Å². The second-order valence-electron chi connectivity index (χ2n) is 7.84. The average molecular weight is 388 g/mol. The van der Waals surface area contributed by atoms with Crippen LogP contribution in [0.4, 0.5) is 5.69 Å². The highest BCUT2D eigenvalue weighted by Gasteiger charge is 2.48. The molecule has 3 heterocycles. The van der Waals surface area contributed by atoms with Crippen LogP contribution in [-0.2, 0) is 16.8 Å². The van der Waals surface area contributed by atoms with Gasteiger partial charge in [-0.2, -0.15) is 5.10 Å². The molecule has 5 rings (SSSR count). The number of hydrogen-bond acceptors (Lipinski definition) is 4. The van der Waals surface area contributed by atoms with E-state index in [1.54, 1.807) is 13.3 Å². The van der Waals surface area contributed by atoms with Gasteiger partial charge in [0.05, 0.1) is 18.2 Å². The van der Waals surface area contributed by atoms with Gasteiger partial charge in [0.25, 0.3) is 0 Å². The van der Waals surface area contributed by atoms with Gasteiger partial charge >= 0.3 is 0 Å². The van der Waals surface area contributed by atoms with E-state index in [4.69, 9.17) is 4.74 Å². The summed E-state index contributed by atoms with van der Waals surface area (Å²) in [6.07, 6.45) is 5.60. The number of hydrogen-bond donors (Lipinski definition) is 1. The Hall–Kier alpha value is -3.12. The summed E-state index contributed by atoms with van der Waals surface area (Å²) in [4.78, 5) is 15.4. The van der Waals surface area contributed by atoms with Gasteiger partial charge in [-0.25, -0.2) is 4.68 Å². The van der Waals surface area contributed by atoms with E-state index in [2.05, 4.69) is 27.4 Å². The zero-order valence-electron chi connectivity index (χ0n) is 16.5. The molecule has 0 aliphatic carbocycles. The highest BCUT2D eigenvalue weighted by Crippen LogP contribution is 2.44. The van der Waals surface area contributed by atoms with Crippen molar-refractivity contribution in [2.24, 2.45) is 0 Å². The van der Waals surface area contributed by atoms with E-state index >= 15 is 0 Å². The Bertz CT molecular complexity index is 1050. The zero-order chi connectivity index (χ0) is 19.8. The number of rotatable bonds is 4. The number of methoxy groups -OCH3 is 1. The Morgan fingerprint density at radius 1 is 1.21 bits per heavy atom. The first kappa shape index (κ1) is 17.9. The lowest BCUT2D eigenvalue weighted by molar-refractivity contribution is -0.122. The third-order valence-corrected chi connectivity index (χ3v) is 6.13.